The first-order valence-corrected chi connectivity index (χ1v) is 8.40. The molecule has 3 heterocycles. The summed E-state index contributed by atoms with van der Waals surface area (Å²) < 4.78 is 2.75. The molecule has 0 amide bonds. The maximum absolute atomic E-state index is 12.4. The Kier molecular flexibility index (Phi) is 3.06. The summed E-state index contributed by atoms with van der Waals surface area (Å²) in [6.07, 6.45) is 1.60. The van der Waals surface area contributed by atoms with E-state index in [0.29, 0.717) is 11.9 Å². The summed E-state index contributed by atoms with van der Waals surface area (Å²) in [5, 5.41) is 4.32. The summed E-state index contributed by atoms with van der Waals surface area (Å²) in [7, 11) is 0. The van der Waals surface area contributed by atoms with E-state index in [-0.39, 0.29) is 5.56 Å². The van der Waals surface area contributed by atoms with Crippen LogP contribution in [-0.4, -0.2) is 9.55 Å². The van der Waals surface area contributed by atoms with Crippen LogP contribution in [0.25, 0.3) is 20.3 Å². The van der Waals surface area contributed by atoms with E-state index in [2.05, 4.69) is 4.98 Å². The van der Waals surface area contributed by atoms with Crippen molar-refractivity contribution in [3.8, 4) is 0 Å². The Hall–Kier alpha value is -1.69. The number of halogens is 1. The first-order valence-electron chi connectivity index (χ1n) is 6.32. The zero-order valence-corrected chi connectivity index (χ0v) is 13.1. The molecule has 104 valence electrons. The van der Waals surface area contributed by atoms with Gasteiger partial charge in [-0.3, -0.25) is 9.36 Å². The molecule has 3 nitrogen and oxygen atoms in total. The van der Waals surface area contributed by atoms with Crippen molar-refractivity contribution >= 4 is 54.6 Å². The molecule has 0 unspecified atom stereocenters. The largest absolute Gasteiger partial charge is 0.293 e. The predicted molar refractivity (Wildman–Crippen MR) is 89.8 cm³/mol. The Balaban J connectivity index is 1.84. The van der Waals surface area contributed by atoms with Crippen LogP contribution in [0.15, 0.2) is 46.8 Å². The summed E-state index contributed by atoms with van der Waals surface area (Å²) >= 11 is 9.53. The van der Waals surface area contributed by atoms with Crippen LogP contribution in [0.4, 0.5) is 0 Å². The van der Waals surface area contributed by atoms with Crippen LogP contribution < -0.4 is 5.56 Å². The SMILES string of the molecule is O=c1c2ccsc2ncn1Cc1sc2ccccc2c1Cl. The van der Waals surface area contributed by atoms with E-state index in [9.17, 15) is 4.79 Å². The molecule has 0 bridgehead atoms. The van der Waals surface area contributed by atoms with E-state index in [4.69, 9.17) is 11.6 Å². The number of thiophene rings is 2. The summed E-state index contributed by atoms with van der Waals surface area (Å²) in [4.78, 5) is 18.5. The molecule has 0 radical (unpaired) electrons. The summed E-state index contributed by atoms with van der Waals surface area (Å²) in [6.45, 7) is 0.454. The Bertz CT molecular complexity index is 1020. The van der Waals surface area contributed by atoms with Crippen molar-refractivity contribution in [3.63, 3.8) is 0 Å². The molecule has 0 aliphatic rings. The maximum atomic E-state index is 12.4. The quantitative estimate of drug-likeness (QED) is 0.546. The maximum Gasteiger partial charge on any atom is 0.262 e. The van der Waals surface area contributed by atoms with Crippen molar-refractivity contribution in [1.29, 1.82) is 0 Å². The van der Waals surface area contributed by atoms with Gasteiger partial charge in [0.15, 0.2) is 0 Å². The lowest BCUT2D eigenvalue weighted by Crippen LogP contribution is -2.20. The minimum Gasteiger partial charge on any atom is -0.293 e. The first-order chi connectivity index (χ1) is 10.2. The van der Waals surface area contributed by atoms with E-state index in [1.807, 2.05) is 35.7 Å². The van der Waals surface area contributed by atoms with Crippen molar-refractivity contribution in [1.82, 2.24) is 9.55 Å². The molecule has 3 aromatic heterocycles. The molecule has 0 aliphatic heterocycles. The van der Waals surface area contributed by atoms with Crippen molar-refractivity contribution in [2.24, 2.45) is 0 Å². The molecule has 0 fully saturated rings. The molecule has 21 heavy (non-hydrogen) atoms. The summed E-state index contributed by atoms with van der Waals surface area (Å²) in [5.41, 5.74) is -0.0187. The zero-order valence-electron chi connectivity index (χ0n) is 10.7. The molecule has 6 heteroatoms. The average molecular weight is 333 g/mol. The third-order valence-corrected chi connectivity index (χ3v) is 5.89. The highest BCUT2D eigenvalue weighted by Gasteiger charge is 2.12. The second kappa shape index (κ2) is 4.94. The monoisotopic (exact) mass is 332 g/mol. The third-order valence-electron chi connectivity index (χ3n) is 3.37. The highest BCUT2D eigenvalue weighted by Crippen LogP contribution is 2.35. The van der Waals surface area contributed by atoms with Gasteiger partial charge < -0.3 is 0 Å². The second-order valence-corrected chi connectivity index (χ2v) is 7.06. The number of nitrogens with zero attached hydrogens (tertiary/aromatic N) is 2. The topological polar surface area (TPSA) is 34.9 Å². The molecule has 0 atom stereocenters. The third kappa shape index (κ3) is 2.09. The van der Waals surface area contributed by atoms with Crippen LogP contribution in [0.1, 0.15) is 4.88 Å². The lowest BCUT2D eigenvalue weighted by molar-refractivity contribution is 0.760. The second-order valence-electron chi connectivity index (χ2n) is 4.65. The zero-order chi connectivity index (χ0) is 14.4. The van der Waals surface area contributed by atoms with Crippen LogP contribution in [0.2, 0.25) is 5.02 Å². The Morgan fingerprint density at radius 1 is 1.19 bits per heavy atom. The first kappa shape index (κ1) is 13.0. The molecular weight excluding hydrogens is 324 g/mol. The van der Waals surface area contributed by atoms with Crippen LogP contribution in [0.5, 0.6) is 0 Å². The Labute approximate surface area is 133 Å². The van der Waals surface area contributed by atoms with Crippen molar-refractivity contribution in [2.75, 3.05) is 0 Å². The Morgan fingerprint density at radius 3 is 2.90 bits per heavy atom. The van der Waals surface area contributed by atoms with Gasteiger partial charge in [0.2, 0.25) is 0 Å². The fourth-order valence-corrected chi connectivity index (χ4v) is 4.54. The molecule has 0 saturated heterocycles. The molecule has 0 aliphatic carbocycles. The van der Waals surface area contributed by atoms with Gasteiger partial charge in [0.1, 0.15) is 4.83 Å². The molecular formula is C15H9ClN2OS2. The molecule has 4 rings (SSSR count). The highest BCUT2D eigenvalue weighted by atomic mass is 35.5. The molecule has 0 N–H and O–H groups in total. The van der Waals surface area contributed by atoms with Gasteiger partial charge in [0.05, 0.1) is 23.3 Å². The number of hydrogen-bond donors (Lipinski definition) is 0. The highest BCUT2D eigenvalue weighted by molar-refractivity contribution is 7.19. The molecule has 0 spiro atoms. The summed E-state index contributed by atoms with van der Waals surface area (Å²) in [6, 6.07) is 9.82. The molecule has 1 aromatic carbocycles. The van der Waals surface area contributed by atoms with E-state index in [1.165, 1.54) is 11.3 Å². The molecule has 4 aromatic rings. The van der Waals surface area contributed by atoms with Crippen molar-refractivity contribution in [3.05, 3.63) is 62.3 Å². The van der Waals surface area contributed by atoms with Crippen molar-refractivity contribution < 1.29 is 0 Å². The number of fused-ring (bicyclic) bond motifs is 2. The van der Waals surface area contributed by atoms with E-state index < -0.39 is 0 Å². The lowest BCUT2D eigenvalue weighted by Gasteiger charge is -2.03. The normalized spacial score (nSPS) is 11.5. The number of rotatable bonds is 2. The van der Waals surface area contributed by atoms with E-state index in [0.717, 1.165) is 24.8 Å². The predicted octanol–water partition coefficient (Wildman–Crippen LogP) is 4.37. The van der Waals surface area contributed by atoms with Gasteiger partial charge >= 0.3 is 0 Å². The van der Waals surface area contributed by atoms with Crippen LogP contribution in [0.3, 0.4) is 0 Å². The van der Waals surface area contributed by atoms with Gasteiger partial charge in [0.25, 0.3) is 5.56 Å². The summed E-state index contributed by atoms with van der Waals surface area (Å²) in [5.74, 6) is 0. The van der Waals surface area contributed by atoms with E-state index >= 15 is 0 Å². The average Bonchev–Trinajstić information content (AvgIpc) is 3.09. The van der Waals surface area contributed by atoms with E-state index in [1.54, 1.807) is 22.2 Å². The van der Waals surface area contributed by atoms with Crippen LogP contribution in [0, 0.1) is 0 Å². The fraction of sp³-hybridized carbons (Fsp3) is 0.0667. The lowest BCUT2D eigenvalue weighted by atomic mass is 10.2. The van der Waals surface area contributed by atoms with Gasteiger partial charge in [-0.15, -0.1) is 22.7 Å². The minimum atomic E-state index is -0.0187. The van der Waals surface area contributed by atoms with Gasteiger partial charge in [-0.25, -0.2) is 4.98 Å². The van der Waals surface area contributed by atoms with Gasteiger partial charge in [-0.2, -0.15) is 0 Å². The standard InChI is InChI=1S/C15H9ClN2OS2/c16-13-9-3-1-2-4-11(9)21-12(13)7-18-8-17-14-10(15(18)19)5-6-20-14/h1-6,8H,7H2. The van der Waals surface area contributed by atoms with Crippen LogP contribution >= 0.6 is 34.3 Å². The molecule has 0 saturated carbocycles. The van der Waals surface area contributed by atoms with Gasteiger partial charge in [0, 0.05) is 15.0 Å². The number of hydrogen-bond acceptors (Lipinski definition) is 4. The van der Waals surface area contributed by atoms with Gasteiger partial charge in [-0.05, 0) is 17.5 Å². The smallest absolute Gasteiger partial charge is 0.262 e. The number of aromatic nitrogens is 2. The van der Waals surface area contributed by atoms with Gasteiger partial charge in [-0.1, -0.05) is 29.8 Å². The minimum absolute atomic E-state index is 0.0187. The van der Waals surface area contributed by atoms with Crippen molar-refractivity contribution in [2.45, 2.75) is 6.54 Å². The Morgan fingerprint density at radius 2 is 2.05 bits per heavy atom. The number of benzene rings is 1. The van der Waals surface area contributed by atoms with Crippen LogP contribution in [-0.2, 0) is 6.54 Å². The fourth-order valence-electron chi connectivity index (χ4n) is 2.33.